The fourth-order valence-electron chi connectivity index (χ4n) is 5.97. The highest BCUT2D eigenvalue weighted by molar-refractivity contribution is 6.30. The summed E-state index contributed by atoms with van der Waals surface area (Å²) in [7, 11) is 1.67. The van der Waals surface area contributed by atoms with Crippen molar-refractivity contribution in [2.24, 2.45) is 11.8 Å². The molecular weight excluding hydrogens is 470 g/mol. The van der Waals surface area contributed by atoms with Crippen LogP contribution in [0.3, 0.4) is 0 Å². The van der Waals surface area contributed by atoms with Crippen molar-refractivity contribution in [1.82, 2.24) is 9.80 Å². The molecule has 1 aromatic carbocycles. The number of likely N-dealkylation sites (tertiary alicyclic amines) is 1. The summed E-state index contributed by atoms with van der Waals surface area (Å²) in [4.78, 5) is 46.0. The van der Waals surface area contributed by atoms with Gasteiger partial charge in [0.25, 0.3) is 5.91 Å². The number of hydrogen-bond donors (Lipinski definition) is 1. The van der Waals surface area contributed by atoms with Gasteiger partial charge in [-0.3, -0.25) is 14.4 Å². The third kappa shape index (κ3) is 3.97. The third-order valence-electron chi connectivity index (χ3n) is 7.49. The zero-order valence-corrected chi connectivity index (χ0v) is 20.9. The van der Waals surface area contributed by atoms with Gasteiger partial charge in [0, 0.05) is 30.8 Å². The van der Waals surface area contributed by atoms with Gasteiger partial charge in [-0.2, -0.15) is 0 Å². The lowest BCUT2D eigenvalue weighted by Gasteiger charge is -2.38. The molecule has 3 saturated heterocycles. The quantitative estimate of drug-likeness (QED) is 0.524. The normalized spacial score (nSPS) is 29.6. The van der Waals surface area contributed by atoms with Crippen LogP contribution in [0.4, 0.5) is 5.69 Å². The minimum Gasteiger partial charge on any atom is -0.394 e. The highest BCUT2D eigenvalue weighted by Crippen LogP contribution is 2.59. The van der Waals surface area contributed by atoms with E-state index < -0.39 is 35.6 Å². The number of hydrogen-bond acceptors (Lipinski definition) is 5. The second-order valence-electron chi connectivity index (χ2n) is 9.55. The molecule has 3 fully saturated rings. The molecule has 0 aliphatic carbocycles. The molecule has 1 spiro atoms. The average molecular weight is 502 g/mol. The minimum absolute atomic E-state index is 0.194. The molecule has 188 valence electrons. The lowest BCUT2D eigenvalue weighted by atomic mass is 9.70. The summed E-state index contributed by atoms with van der Waals surface area (Å²) >= 11 is 6.05. The van der Waals surface area contributed by atoms with Crippen LogP contribution in [0.1, 0.15) is 19.8 Å². The Labute approximate surface area is 210 Å². The summed E-state index contributed by atoms with van der Waals surface area (Å²) in [6.45, 7) is 9.42. The van der Waals surface area contributed by atoms with Gasteiger partial charge in [0.2, 0.25) is 11.8 Å². The summed E-state index contributed by atoms with van der Waals surface area (Å²) in [5.74, 6) is -2.33. The van der Waals surface area contributed by atoms with E-state index >= 15 is 0 Å². The first-order chi connectivity index (χ1) is 16.7. The highest BCUT2D eigenvalue weighted by atomic mass is 35.5. The summed E-state index contributed by atoms with van der Waals surface area (Å²) in [6.07, 6.45) is 3.87. The van der Waals surface area contributed by atoms with Crippen molar-refractivity contribution in [2.75, 3.05) is 31.6 Å². The number of rotatable bonds is 9. The van der Waals surface area contributed by atoms with E-state index in [0.29, 0.717) is 30.1 Å². The molecule has 8 nitrogen and oxygen atoms in total. The van der Waals surface area contributed by atoms with Crippen LogP contribution < -0.4 is 4.90 Å². The monoisotopic (exact) mass is 501 g/mol. The van der Waals surface area contributed by atoms with Crippen LogP contribution in [0.15, 0.2) is 49.6 Å². The van der Waals surface area contributed by atoms with Crippen molar-refractivity contribution in [2.45, 2.75) is 43.6 Å². The first-order valence-corrected chi connectivity index (χ1v) is 12.2. The van der Waals surface area contributed by atoms with E-state index in [9.17, 15) is 19.5 Å². The van der Waals surface area contributed by atoms with Gasteiger partial charge < -0.3 is 24.5 Å². The molecule has 3 aliphatic rings. The zero-order valence-electron chi connectivity index (χ0n) is 20.1. The number of amides is 3. The zero-order chi connectivity index (χ0) is 25.5. The highest BCUT2D eigenvalue weighted by Gasteiger charge is 2.75. The third-order valence-corrected chi connectivity index (χ3v) is 7.74. The summed E-state index contributed by atoms with van der Waals surface area (Å²) in [5, 5.41) is 10.5. The van der Waals surface area contributed by atoms with E-state index in [0.717, 1.165) is 0 Å². The molecule has 2 bridgehead atoms. The number of anilines is 1. The molecule has 3 heterocycles. The van der Waals surface area contributed by atoms with Crippen LogP contribution in [0.5, 0.6) is 0 Å². The van der Waals surface area contributed by atoms with Crippen molar-refractivity contribution in [3.63, 3.8) is 0 Å². The minimum atomic E-state index is -1.14. The van der Waals surface area contributed by atoms with Gasteiger partial charge in [-0.15, -0.1) is 13.2 Å². The Morgan fingerprint density at radius 3 is 2.51 bits per heavy atom. The maximum absolute atomic E-state index is 14.2. The number of ether oxygens (including phenoxy) is 1. The number of carbonyl (C=O) groups is 3. The van der Waals surface area contributed by atoms with E-state index in [2.05, 4.69) is 13.2 Å². The molecule has 0 radical (unpaired) electrons. The Hall–Kier alpha value is -2.68. The van der Waals surface area contributed by atoms with Crippen LogP contribution in [0, 0.1) is 11.8 Å². The molecule has 1 aromatic rings. The molecule has 3 amide bonds. The standard InChI is InChI=1S/C26H32ClN3O5/c1-5-13-28(4)23(32)20-19-11-12-26(35-19)21(20)24(33)30(16(3)15-31)22(26)25(34)29(14-6-2)18-9-7-17(27)8-10-18/h5-10,16,19-22,31H,1-2,11-15H2,3-4H3/t16-,19-,20+,21+,22?,26?/m1/s1. The van der Waals surface area contributed by atoms with Crippen LogP contribution in [-0.2, 0) is 19.1 Å². The number of benzene rings is 1. The topological polar surface area (TPSA) is 90.4 Å². The fourth-order valence-corrected chi connectivity index (χ4v) is 6.10. The molecule has 6 atom stereocenters. The summed E-state index contributed by atoms with van der Waals surface area (Å²) in [5.41, 5.74) is -0.530. The summed E-state index contributed by atoms with van der Waals surface area (Å²) < 4.78 is 6.45. The van der Waals surface area contributed by atoms with E-state index in [1.807, 2.05) is 0 Å². The molecule has 3 aliphatic heterocycles. The molecule has 0 aromatic heterocycles. The van der Waals surface area contributed by atoms with Gasteiger partial charge in [-0.05, 0) is 44.0 Å². The number of halogens is 1. The average Bonchev–Trinajstić information content (AvgIpc) is 3.49. The second kappa shape index (κ2) is 9.76. The Kier molecular flexibility index (Phi) is 7.09. The van der Waals surface area contributed by atoms with Crippen LogP contribution >= 0.6 is 11.6 Å². The van der Waals surface area contributed by atoms with Gasteiger partial charge >= 0.3 is 0 Å². The van der Waals surface area contributed by atoms with Crippen molar-refractivity contribution >= 4 is 35.0 Å². The van der Waals surface area contributed by atoms with Crippen LogP contribution in [0.25, 0.3) is 0 Å². The van der Waals surface area contributed by atoms with Crippen molar-refractivity contribution in [3.8, 4) is 0 Å². The molecule has 4 rings (SSSR count). The van der Waals surface area contributed by atoms with Crippen LogP contribution in [-0.4, -0.2) is 83.2 Å². The largest absolute Gasteiger partial charge is 0.394 e. The predicted octanol–water partition coefficient (Wildman–Crippen LogP) is 2.26. The number of carbonyl (C=O) groups excluding carboxylic acids is 3. The Morgan fingerprint density at radius 2 is 1.91 bits per heavy atom. The first kappa shape index (κ1) is 25.4. The molecular formula is C26H32ClN3O5. The second-order valence-corrected chi connectivity index (χ2v) is 9.99. The Bertz CT molecular complexity index is 1030. The molecule has 9 heteroatoms. The molecule has 1 N–H and O–H groups in total. The number of fused-ring (bicyclic) bond motifs is 1. The van der Waals surface area contributed by atoms with Crippen molar-refractivity contribution in [3.05, 3.63) is 54.6 Å². The van der Waals surface area contributed by atoms with Crippen molar-refractivity contribution < 1.29 is 24.2 Å². The van der Waals surface area contributed by atoms with Crippen molar-refractivity contribution in [1.29, 1.82) is 0 Å². The number of aliphatic hydroxyl groups is 1. The fraction of sp³-hybridized carbons (Fsp3) is 0.500. The SMILES string of the molecule is C=CCN(C)C(=O)[C@@H]1[C@H]2C(=O)N([C@H](C)CO)C(C(=O)N(CC=C)c3ccc(Cl)cc3)C23CC[C@H]1O3. The van der Waals surface area contributed by atoms with E-state index in [-0.39, 0.29) is 30.9 Å². The van der Waals surface area contributed by atoms with Gasteiger partial charge in [-0.1, -0.05) is 23.8 Å². The number of nitrogens with zero attached hydrogens (tertiary/aromatic N) is 3. The molecule has 35 heavy (non-hydrogen) atoms. The van der Waals surface area contributed by atoms with Gasteiger partial charge in [0.15, 0.2) is 0 Å². The lowest BCUT2D eigenvalue weighted by Crippen LogP contribution is -2.58. The van der Waals surface area contributed by atoms with Gasteiger partial charge in [-0.25, -0.2) is 0 Å². The van der Waals surface area contributed by atoms with Crippen LogP contribution in [0.2, 0.25) is 5.02 Å². The number of likely N-dealkylation sites (N-methyl/N-ethyl adjacent to an activating group) is 1. The van der Waals surface area contributed by atoms with Gasteiger partial charge in [0.05, 0.1) is 30.6 Å². The number of aliphatic hydroxyl groups excluding tert-OH is 1. The molecule has 0 saturated carbocycles. The predicted molar refractivity (Wildman–Crippen MR) is 133 cm³/mol. The maximum atomic E-state index is 14.2. The smallest absolute Gasteiger partial charge is 0.253 e. The first-order valence-electron chi connectivity index (χ1n) is 11.9. The van der Waals surface area contributed by atoms with Gasteiger partial charge in [0.1, 0.15) is 11.6 Å². The summed E-state index contributed by atoms with van der Waals surface area (Å²) in [6, 6.07) is 5.24. The maximum Gasteiger partial charge on any atom is 0.253 e. The Morgan fingerprint density at radius 1 is 1.26 bits per heavy atom. The van der Waals surface area contributed by atoms with E-state index in [1.54, 1.807) is 55.3 Å². The van der Waals surface area contributed by atoms with E-state index in [1.165, 1.54) is 9.80 Å². The Balaban J connectivity index is 1.78. The molecule has 2 unspecified atom stereocenters. The van der Waals surface area contributed by atoms with E-state index in [4.69, 9.17) is 16.3 Å². The lowest BCUT2D eigenvalue weighted by molar-refractivity contribution is -0.146.